The number of hydrogen-bond donors (Lipinski definition) is 0. The molecule has 1 aliphatic heterocycles. The van der Waals surface area contributed by atoms with Crippen LogP contribution in [0.3, 0.4) is 0 Å². The Kier molecular flexibility index (Phi) is 2.29. The number of aliphatic imine (C=N–C) groups is 1. The fourth-order valence-electron chi connectivity index (χ4n) is 1.55. The van der Waals surface area contributed by atoms with E-state index in [1.165, 1.54) is 12.1 Å². The smallest absolute Gasteiger partial charge is 0.235 e. The highest BCUT2D eigenvalue weighted by Gasteiger charge is 2.19. The molecule has 1 aliphatic rings. The lowest BCUT2D eigenvalue weighted by molar-refractivity contribution is 0.351. The van der Waals surface area contributed by atoms with E-state index < -0.39 is 0 Å². The Hall–Kier alpha value is -1.67. The Balaban J connectivity index is 2.45. The second-order valence-corrected chi connectivity index (χ2v) is 3.02. The summed E-state index contributed by atoms with van der Waals surface area (Å²) in [4.78, 5) is 13.3. The summed E-state index contributed by atoms with van der Waals surface area (Å²) < 4.78 is 18.6. The lowest BCUT2D eigenvalue weighted by Crippen LogP contribution is -1.94. The van der Waals surface area contributed by atoms with E-state index in [2.05, 4.69) is 4.99 Å². The van der Waals surface area contributed by atoms with E-state index in [1.54, 1.807) is 6.07 Å². The van der Waals surface area contributed by atoms with Crippen molar-refractivity contribution in [3.63, 3.8) is 0 Å². The molecule has 2 rings (SSSR count). The highest BCUT2D eigenvalue weighted by molar-refractivity contribution is 5.45. The molecule has 0 saturated carbocycles. The molecular weight excluding hydrogens is 185 g/mol. The van der Waals surface area contributed by atoms with Gasteiger partial charge in [-0.15, -0.1) is 0 Å². The first-order valence-corrected chi connectivity index (χ1v) is 4.29. The second-order valence-electron chi connectivity index (χ2n) is 3.02. The molecule has 1 aromatic carbocycles. The molecule has 3 nitrogen and oxygen atoms in total. The van der Waals surface area contributed by atoms with Gasteiger partial charge in [-0.1, -0.05) is 6.07 Å². The molecule has 4 heteroatoms. The van der Waals surface area contributed by atoms with Gasteiger partial charge in [-0.3, -0.25) is 0 Å². The molecule has 0 aromatic heterocycles. The van der Waals surface area contributed by atoms with E-state index >= 15 is 0 Å². The Bertz CT molecular complexity index is 411. The van der Waals surface area contributed by atoms with Gasteiger partial charge in [0.25, 0.3) is 0 Å². The van der Waals surface area contributed by atoms with Gasteiger partial charge < -0.3 is 4.74 Å². The molecule has 0 radical (unpaired) electrons. The van der Waals surface area contributed by atoms with Gasteiger partial charge in [0.1, 0.15) is 11.6 Å². The normalized spacial score (nSPS) is 12.9. The molecule has 1 heterocycles. The third kappa shape index (κ3) is 1.40. The maximum atomic E-state index is 13.3. The fraction of sp³-hybridized carbons (Fsp3) is 0.300. The zero-order valence-corrected chi connectivity index (χ0v) is 7.42. The van der Waals surface area contributed by atoms with E-state index in [4.69, 9.17) is 4.74 Å². The SMILES string of the molecule is O=C=NCc1c(F)ccc2c1OCC2. The summed E-state index contributed by atoms with van der Waals surface area (Å²) in [7, 11) is 0. The molecule has 14 heavy (non-hydrogen) atoms. The van der Waals surface area contributed by atoms with Crippen LogP contribution in [-0.2, 0) is 17.8 Å². The van der Waals surface area contributed by atoms with Crippen LogP contribution >= 0.6 is 0 Å². The summed E-state index contributed by atoms with van der Waals surface area (Å²) in [5.41, 5.74) is 1.32. The Labute approximate surface area is 80.2 Å². The number of fused-ring (bicyclic) bond motifs is 1. The third-order valence-electron chi connectivity index (χ3n) is 2.20. The number of carbonyl (C=O) groups excluding carboxylic acids is 1. The van der Waals surface area contributed by atoms with Crippen molar-refractivity contribution in [1.82, 2.24) is 0 Å². The number of nitrogens with zero attached hydrogens (tertiary/aromatic N) is 1. The average Bonchev–Trinajstić information content (AvgIpc) is 2.64. The fourth-order valence-corrected chi connectivity index (χ4v) is 1.55. The van der Waals surface area contributed by atoms with Crippen molar-refractivity contribution in [2.45, 2.75) is 13.0 Å². The maximum Gasteiger partial charge on any atom is 0.235 e. The molecule has 0 bridgehead atoms. The van der Waals surface area contributed by atoms with Crippen LogP contribution in [0, 0.1) is 5.82 Å². The standard InChI is InChI=1S/C10H8FNO2/c11-9-2-1-7-3-4-14-10(7)8(9)5-12-6-13/h1-2H,3-5H2. The highest BCUT2D eigenvalue weighted by atomic mass is 19.1. The largest absolute Gasteiger partial charge is 0.492 e. The predicted molar refractivity (Wildman–Crippen MR) is 47.4 cm³/mol. The molecule has 0 atom stereocenters. The average molecular weight is 193 g/mol. The van der Waals surface area contributed by atoms with Crippen molar-refractivity contribution < 1.29 is 13.9 Å². The summed E-state index contributed by atoms with van der Waals surface area (Å²) in [6.07, 6.45) is 2.17. The van der Waals surface area contributed by atoms with Crippen LogP contribution in [0.5, 0.6) is 5.75 Å². The van der Waals surface area contributed by atoms with Gasteiger partial charge in [0.05, 0.1) is 18.7 Å². The summed E-state index contributed by atoms with van der Waals surface area (Å²) in [6, 6.07) is 3.08. The first-order valence-electron chi connectivity index (χ1n) is 4.29. The third-order valence-corrected chi connectivity index (χ3v) is 2.20. The molecule has 0 spiro atoms. The van der Waals surface area contributed by atoms with Crippen LogP contribution in [-0.4, -0.2) is 12.7 Å². The van der Waals surface area contributed by atoms with Crippen molar-refractivity contribution in [3.8, 4) is 5.75 Å². The minimum atomic E-state index is -0.385. The number of isocyanates is 1. The van der Waals surface area contributed by atoms with Crippen LogP contribution in [0.2, 0.25) is 0 Å². The van der Waals surface area contributed by atoms with Gasteiger partial charge in [0, 0.05) is 6.42 Å². The lowest BCUT2D eigenvalue weighted by Gasteiger charge is -2.05. The Morgan fingerprint density at radius 2 is 2.43 bits per heavy atom. The predicted octanol–water partition coefficient (Wildman–Crippen LogP) is 1.60. The van der Waals surface area contributed by atoms with Gasteiger partial charge >= 0.3 is 0 Å². The molecule has 1 aromatic rings. The first kappa shape index (κ1) is 8.91. The van der Waals surface area contributed by atoms with Crippen LogP contribution in [0.25, 0.3) is 0 Å². The topological polar surface area (TPSA) is 38.7 Å². The number of benzene rings is 1. The molecule has 0 amide bonds. The van der Waals surface area contributed by atoms with E-state index in [-0.39, 0.29) is 12.4 Å². The van der Waals surface area contributed by atoms with Crippen LogP contribution < -0.4 is 4.74 Å². The van der Waals surface area contributed by atoms with E-state index in [1.807, 2.05) is 0 Å². The van der Waals surface area contributed by atoms with Crippen LogP contribution in [0.1, 0.15) is 11.1 Å². The van der Waals surface area contributed by atoms with Gasteiger partial charge in [-0.2, -0.15) is 0 Å². The van der Waals surface area contributed by atoms with E-state index in [0.717, 1.165) is 12.0 Å². The number of hydrogen-bond acceptors (Lipinski definition) is 3. The highest BCUT2D eigenvalue weighted by Crippen LogP contribution is 2.31. The molecule has 0 saturated heterocycles. The van der Waals surface area contributed by atoms with Gasteiger partial charge in [0.15, 0.2) is 0 Å². The Morgan fingerprint density at radius 1 is 1.57 bits per heavy atom. The maximum absolute atomic E-state index is 13.3. The van der Waals surface area contributed by atoms with Gasteiger partial charge in [0.2, 0.25) is 6.08 Å². The molecule has 0 N–H and O–H groups in total. The van der Waals surface area contributed by atoms with Crippen molar-refractivity contribution in [2.24, 2.45) is 4.99 Å². The monoisotopic (exact) mass is 193 g/mol. The summed E-state index contributed by atoms with van der Waals surface area (Å²) in [5.74, 6) is 0.161. The zero-order chi connectivity index (χ0) is 9.97. The van der Waals surface area contributed by atoms with Crippen molar-refractivity contribution in [1.29, 1.82) is 0 Å². The summed E-state index contributed by atoms with van der Waals surface area (Å²) >= 11 is 0. The lowest BCUT2D eigenvalue weighted by atomic mass is 10.1. The molecule has 0 fully saturated rings. The molecule has 0 unspecified atom stereocenters. The zero-order valence-electron chi connectivity index (χ0n) is 7.42. The molecule has 0 aliphatic carbocycles. The first-order chi connectivity index (χ1) is 6.83. The van der Waals surface area contributed by atoms with Gasteiger partial charge in [-0.05, 0) is 11.6 Å². The summed E-state index contributed by atoms with van der Waals surface area (Å²) in [6.45, 7) is 0.565. The summed E-state index contributed by atoms with van der Waals surface area (Å²) in [5, 5.41) is 0. The van der Waals surface area contributed by atoms with E-state index in [9.17, 15) is 9.18 Å². The minimum Gasteiger partial charge on any atom is -0.492 e. The minimum absolute atomic E-state index is 0.00148. The number of halogens is 1. The van der Waals surface area contributed by atoms with Gasteiger partial charge in [-0.25, -0.2) is 14.2 Å². The molecular formula is C10H8FNO2. The van der Waals surface area contributed by atoms with Crippen LogP contribution in [0.15, 0.2) is 17.1 Å². The van der Waals surface area contributed by atoms with Crippen molar-refractivity contribution in [3.05, 3.63) is 29.1 Å². The van der Waals surface area contributed by atoms with E-state index in [0.29, 0.717) is 17.9 Å². The van der Waals surface area contributed by atoms with Crippen LogP contribution in [0.4, 0.5) is 4.39 Å². The quantitative estimate of drug-likeness (QED) is 0.528. The van der Waals surface area contributed by atoms with Crippen molar-refractivity contribution >= 4 is 6.08 Å². The molecule has 72 valence electrons. The number of ether oxygens (including phenoxy) is 1. The Morgan fingerprint density at radius 3 is 3.21 bits per heavy atom. The van der Waals surface area contributed by atoms with Crippen molar-refractivity contribution in [2.75, 3.05) is 6.61 Å². The second kappa shape index (κ2) is 3.60. The number of rotatable bonds is 2.